The Balaban J connectivity index is 1.25. The number of nitriles is 1. The summed E-state index contributed by atoms with van der Waals surface area (Å²) in [6.07, 6.45) is 4.55. The number of carbonyl (C=O) groups is 2. The molecular weight excluding hydrogens is 795 g/mol. The Morgan fingerprint density at radius 1 is 1.12 bits per heavy atom. The number of fused-ring (bicyclic) bond motifs is 6. The SMILES string of the molecule is C=C(C)c1nc2c(F)c(-c3cccc(Cl)c3Cl)c(CCC#N)cc2c2c1cc([C@H]1[C@H]3C[C@H](C[C@@H]3OC3CC3)N1C(=O)C1(F)CC1)n2[C@H]1[C@@H]2C[C@H]1N(C(=O)OC(C)(C)C)C2. The molecular formula is C46H47Cl2F2N5O4. The number of alkyl halides is 1. The summed E-state index contributed by atoms with van der Waals surface area (Å²) in [7, 11) is 0. The van der Waals surface area contributed by atoms with Crippen molar-refractivity contribution in [3.05, 3.63) is 69.7 Å². The third-order valence-electron chi connectivity index (χ3n) is 13.6. The molecule has 59 heavy (non-hydrogen) atoms. The number of rotatable bonds is 9. The normalized spacial score (nSPS) is 27.7. The second-order valence-corrected chi connectivity index (χ2v) is 19.6. The van der Waals surface area contributed by atoms with Crippen molar-refractivity contribution in [1.29, 1.82) is 5.26 Å². The van der Waals surface area contributed by atoms with Crippen LogP contribution in [-0.2, 0) is 20.7 Å². The fraction of sp³-hybridized carbons (Fsp3) is 0.522. The lowest BCUT2D eigenvalue weighted by atomic mass is 9.79. The summed E-state index contributed by atoms with van der Waals surface area (Å²) in [4.78, 5) is 36.8. The number of ether oxygens (including phenoxy) is 2. The molecule has 9 nitrogen and oxygen atoms in total. The first-order valence-electron chi connectivity index (χ1n) is 20.9. The average molecular weight is 843 g/mol. The van der Waals surface area contributed by atoms with E-state index in [-0.39, 0.29) is 89.0 Å². The molecule has 0 N–H and O–H groups in total. The highest BCUT2D eigenvalue weighted by Gasteiger charge is 2.63. The van der Waals surface area contributed by atoms with Crippen LogP contribution in [0, 0.1) is 29.0 Å². The van der Waals surface area contributed by atoms with Crippen LogP contribution in [0.4, 0.5) is 13.6 Å². The molecule has 4 bridgehead atoms. The molecule has 0 spiro atoms. The third-order valence-corrected chi connectivity index (χ3v) is 14.4. The Labute approximate surface area is 352 Å². The summed E-state index contributed by atoms with van der Waals surface area (Å²) in [6, 6.07) is 10.0. The van der Waals surface area contributed by atoms with Crippen LogP contribution in [-0.4, -0.2) is 73.5 Å². The first-order valence-corrected chi connectivity index (χ1v) is 21.7. The standard InChI is InChI=1S/C46H47Cl2F2N5O4/c1-22(2)38-30-20-33(42-28-18-25(19-34(28)58-26-11-12-26)54(42)43(56)46(50)13-14-46)55(40-24-17-32(40)53(21-24)44(57)59-45(3,4)5)41(30)29-16-23(8-7-15-51)35(37(49)39(29)52-38)27-9-6-10-31(47)36(27)48/h6,9-10,16,20,24-26,28,32,34,40,42H,1,7-8,11-14,17-19,21H2,2-5H3/t24-,25-,28+,32-,34+,40+,42-/m1/s1. The maximum atomic E-state index is 17.7. The van der Waals surface area contributed by atoms with Gasteiger partial charge in [0.15, 0.2) is 11.5 Å². The lowest BCUT2D eigenvalue weighted by molar-refractivity contribution is -0.146. The van der Waals surface area contributed by atoms with E-state index in [4.69, 9.17) is 37.7 Å². The Bertz CT molecular complexity index is 2540. The summed E-state index contributed by atoms with van der Waals surface area (Å²) in [5.41, 5.74) is 1.30. The van der Waals surface area contributed by atoms with Crippen molar-refractivity contribution in [3.63, 3.8) is 0 Å². The fourth-order valence-corrected chi connectivity index (χ4v) is 11.1. The Kier molecular flexibility index (Phi) is 9.00. The fourth-order valence-electron chi connectivity index (χ4n) is 10.7. The largest absolute Gasteiger partial charge is 0.444 e. The molecule has 4 aromatic rings. The van der Waals surface area contributed by atoms with Crippen molar-refractivity contribution >= 4 is 62.6 Å². The van der Waals surface area contributed by atoms with Crippen molar-refractivity contribution in [1.82, 2.24) is 19.4 Å². The van der Waals surface area contributed by atoms with Gasteiger partial charge >= 0.3 is 6.09 Å². The predicted octanol–water partition coefficient (Wildman–Crippen LogP) is 10.7. The highest BCUT2D eigenvalue weighted by molar-refractivity contribution is 6.43. The van der Waals surface area contributed by atoms with Crippen LogP contribution in [0.15, 0.2) is 36.9 Å². The number of benzene rings is 2. The topological polar surface area (TPSA) is 101 Å². The van der Waals surface area contributed by atoms with Crippen LogP contribution >= 0.6 is 23.2 Å². The van der Waals surface area contributed by atoms with E-state index in [0.29, 0.717) is 52.7 Å². The summed E-state index contributed by atoms with van der Waals surface area (Å²) < 4.78 is 48.5. The monoisotopic (exact) mass is 841 g/mol. The van der Waals surface area contributed by atoms with Gasteiger partial charge in [-0.3, -0.25) is 4.79 Å². The molecule has 7 atom stereocenters. The molecule has 4 saturated carbocycles. The zero-order chi connectivity index (χ0) is 41.4. The van der Waals surface area contributed by atoms with Gasteiger partial charge in [0.1, 0.15) is 11.1 Å². The van der Waals surface area contributed by atoms with E-state index in [1.54, 1.807) is 23.1 Å². The molecule has 0 unspecified atom stereocenters. The first kappa shape index (κ1) is 38.9. The highest BCUT2D eigenvalue weighted by atomic mass is 35.5. The molecule has 13 heteroatoms. The molecule has 7 fully saturated rings. The second kappa shape index (κ2) is 13.6. The van der Waals surface area contributed by atoms with Gasteiger partial charge in [-0.2, -0.15) is 5.26 Å². The van der Waals surface area contributed by atoms with Crippen molar-refractivity contribution in [2.45, 2.75) is 133 Å². The van der Waals surface area contributed by atoms with Crippen LogP contribution in [0.5, 0.6) is 0 Å². The zero-order valence-electron chi connectivity index (χ0n) is 33.7. The smallest absolute Gasteiger partial charge is 0.410 e. The van der Waals surface area contributed by atoms with Gasteiger partial charge in [0, 0.05) is 58.4 Å². The predicted molar refractivity (Wildman–Crippen MR) is 222 cm³/mol. The van der Waals surface area contributed by atoms with E-state index < -0.39 is 35.1 Å². The first-order chi connectivity index (χ1) is 28.1. The number of hydrogen-bond donors (Lipinski definition) is 0. The van der Waals surface area contributed by atoms with Crippen LogP contribution < -0.4 is 0 Å². The number of nitrogens with zero attached hydrogens (tertiary/aromatic N) is 5. The number of piperidine rings is 1. The number of likely N-dealkylation sites (tertiary alicyclic amines) is 1. The maximum absolute atomic E-state index is 17.7. The van der Waals surface area contributed by atoms with E-state index in [9.17, 15) is 14.9 Å². The summed E-state index contributed by atoms with van der Waals surface area (Å²) in [5.74, 6) is -1.14. The molecule has 2 aromatic heterocycles. The highest BCUT2D eigenvalue weighted by Crippen LogP contribution is 2.59. The minimum Gasteiger partial charge on any atom is -0.444 e. The second-order valence-electron chi connectivity index (χ2n) is 18.8. The summed E-state index contributed by atoms with van der Waals surface area (Å²) in [6.45, 7) is 12.2. The quantitative estimate of drug-likeness (QED) is 0.166. The van der Waals surface area contributed by atoms with Gasteiger partial charge in [0.05, 0.1) is 57.7 Å². The van der Waals surface area contributed by atoms with E-state index in [1.807, 2.05) is 38.7 Å². The van der Waals surface area contributed by atoms with Gasteiger partial charge in [-0.25, -0.2) is 18.6 Å². The molecule has 2 amide bonds. The van der Waals surface area contributed by atoms with E-state index >= 15 is 8.78 Å². The van der Waals surface area contributed by atoms with Crippen molar-refractivity contribution in [2.75, 3.05) is 6.54 Å². The molecule has 308 valence electrons. The van der Waals surface area contributed by atoms with Gasteiger partial charge in [0.25, 0.3) is 5.91 Å². The third kappa shape index (κ3) is 6.17. The van der Waals surface area contributed by atoms with Gasteiger partial charge in [0.2, 0.25) is 0 Å². The number of aryl methyl sites for hydroxylation is 1. The van der Waals surface area contributed by atoms with Gasteiger partial charge in [-0.1, -0.05) is 41.9 Å². The Morgan fingerprint density at radius 2 is 1.88 bits per heavy atom. The molecule has 3 saturated heterocycles. The molecule has 4 aliphatic carbocycles. The van der Waals surface area contributed by atoms with Gasteiger partial charge < -0.3 is 23.8 Å². The molecule has 3 aliphatic heterocycles. The number of aromatic nitrogens is 2. The average Bonchev–Trinajstić information content (AvgIpc) is 3.81. The van der Waals surface area contributed by atoms with Crippen molar-refractivity contribution in [2.24, 2.45) is 11.8 Å². The number of carbonyl (C=O) groups excluding carboxylic acids is 2. The summed E-state index contributed by atoms with van der Waals surface area (Å²) >= 11 is 13.2. The van der Waals surface area contributed by atoms with Gasteiger partial charge in [-0.15, -0.1) is 0 Å². The maximum Gasteiger partial charge on any atom is 0.410 e. The van der Waals surface area contributed by atoms with E-state index in [2.05, 4.69) is 23.3 Å². The van der Waals surface area contributed by atoms with E-state index in [0.717, 1.165) is 30.3 Å². The Hall–Kier alpha value is -4.24. The minimum atomic E-state index is -1.89. The van der Waals surface area contributed by atoms with Crippen LogP contribution in [0.25, 0.3) is 38.5 Å². The van der Waals surface area contributed by atoms with Gasteiger partial charge in [-0.05, 0) is 108 Å². The number of amides is 2. The lowest BCUT2D eigenvalue weighted by Crippen LogP contribution is -2.50. The van der Waals surface area contributed by atoms with Crippen molar-refractivity contribution < 1.29 is 27.8 Å². The molecule has 5 heterocycles. The number of allylic oxidation sites excluding steroid dienone is 1. The molecule has 0 radical (unpaired) electrons. The molecule has 2 aromatic carbocycles. The number of hydrogen-bond acceptors (Lipinski definition) is 6. The van der Waals surface area contributed by atoms with Crippen molar-refractivity contribution in [3.8, 4) is 17.2 Å². The molecule has 11 rings (SSSR count). The minimum absolute atomic E-state index is 0.0306. The van der Waals surface area contributed by atoms with E-state index in [1.165, 1.54) is 0 Å². The lowest BCUT2D eigenvalue weighted by Gasteiger charge is -2.44. The number of pyridine rings is 1. The van der Waals surface area contributed by atoms with Crippen LogP contribution in [0.2, 0.25) is 10.0 Å². The van der Waals surface area contributed by atoms with Crippen LogP contribution in [0.1, 0.15) is 108 Å². The zero-order valence-corrected chi connectivity index (χ0v) is 35.2. The number of halogens is 4. The summed E-state index contributed by atoms with van der Waals surface area (Å²) in [5, 5.41) is 11.5. The van der Waals surface area contributed by atoms with Crippen LogP contribution in [0.3, 0.4) is 0 Å². The Morgan fingerprint density at radius 3 is 2.56 bits per heavy atom. The molecule has 7 aliphatic rings.